The molecule has 0 saturated carbocycles. The summed E-state index contributed by atoms with van der Waals surface area (Å²) in [5.41, 5.74) is 0.00283. The second-order valence-electron chi connectivity index (χ2n) is 7.31. The van der Waals surface area contributed by atoms with Crippen molar-refractivity contribution in [2.24, 2.45) is 10.9 Å². The lowest BCUT2D eigenvalue weighted by Crippen LogP contribution is -2.41. The predicted octanol–water partition coefficient (Wildman–Crippen LogP) is 3.25. The number of aliphatic imine (C=N–C) groups is 1. The molecule has 1 saturated heterocycles. The number of nitrogens with one attached hydrogen (secondary N) is 2. The molecule has 2 rings (SSSR count). The molecule has 1 aliphatic heterocycles. The van der Waals surface area contributed by atoms with Crippen LogP contribution in [0.2, 0.25) is 0 Å². The van der Waals surface area contributed by atoms with Gasteiger partial charge in [0.05, 0.1) is 6.54 Å². The zero-order valence-electron chi connectivity index (χ0n) is 16.3. The van der Waals surface area contributed by atoms with Crippen molar-refractivity contribution in [3.8, 4) is 0 Å². The third-order valence-electron chi connectivity index (χ3n) is 4.72. The molecule has 1 aliphatic rings. The van der Waals surface area contributed by atoms with Gasteiger partial charge in [-0.3, -0.25) is 0 Å². The standard InChI is InChI=1S/C19H34N4OS.HI/c1-4-20-18(22-15-19(3,24)17-8-12-25-14-17)21-9-6-11-23-10-5-7-16(2)13-23;/h8,12,14,16,24H,4-7,9-11,13,15H2,1-3H3,(H2,20,21,22);1H. The third-order valence-corrected chi connectivity index (χ3v) is 5.40. The summed E-state index contributed by atoms with van der Waals surface area (Å²) in [5, 5.41) is 21.2. The lowest BCUT2D eigenvalue weighted by Gasteiger charge is -2.30. The second kappa shape index (κ2) is 12.2. The fourth-order valence-electron chi connectivity index (χ4n) is 3.24. The maximum absolute atomic E-state index is 10.6. The predicted molar refractivity (Wildman–Crippen MR) is 123 cm³/mol. The molecule has 150 valence electrons. The third kappa shape index (κ3) is 8.10. The molecule has 0 aliphatic carbocycles. The molecular formula is C19H35IN4OS. The van der Waals surface area contributed by atoms with Gasteiger partial charge in [-0.15, -0.1) is 24.0 Å². The number of guanidine groups is 1. The fraction of sp³-hybridized carbons (Fsp3) is 0.737. The molecule has 7 heteroatoms. The molecule has 1 aromatic heterocycles. The van der Waals surface area contributed by atoms with E-state index in [2.05, 4.69) is 34.4 Å². The lowest BCUT2D eigenvalue weighted by molar-refractivity contribution is 0.0677. The fourth-order valence-corrected chi connectivity index (χ4v) is 4.02. The SMILES string of the molecule is CCNC(=NCC(C)(O)c1ccsc1)NCCCN1CCCC(C)C1.I. The minimum atomic E-state index is -0.924. The van der Waals surface area contributed by atoms with Gasteiger partial charge < -0.3 is 20.6 Å². The topological polar surface area (TPSA) is 59.9 Å². The number of thiophene rings is 1. The number of hydrogen-bond acceptors (Lipinski definition) is 4. The van der Waals surface area contributed by atoms with Crippen molar-refractivity contribution in [3.05, 3.63) is 22.4 Å². The Morgan fingerprint density at radius 3 is 2.92 bits per heavy atom. The minimum Gasteiger partial charge on any atom is -0.383 e. The Morgan fingerprint density at radius 1 is 1.46 bits per heavy atom. The van der Waals surface area contributed by atoms with Gasteiger partial charge in [-0.05, 0) is 74.5 Å². The van der Waals surface area contributed by atoms with Gasteiger partial charge in [0, 0.05) is 19.6 Å². The van der Waals surface area contributed by atoms with E-state index in [0.717, 1.165) is 43.5 Å². The number of piperidine rings is 1. The quantitative estimate of drug-likeness (QED) is 0.225. The van der Waals surface area contributed by atoms with Crippen LogP contribution in [0.5, 0.6) is 0 Å². The minimum absolute atomic E-state index is 0. The van der Waals surface area contributed by atoms with E-state index in [-0.39, 0.29) is 24.0 Å². The first-order chi connectivity index (χ1) is 12.0. The van der Waals surface area contributed by atoms with Crippen LogP contribution in [0.25, 0.3) is 0 Å². The van der Waals surface area contributed by atoms with E-state index >= 15 is 0 Å². The van der Waals surface area contributed by atoms with Crippen molar-refractivity contribution >= 4 is 41.3 Å². The number of likely N-dealkylation sites (tertiary alicyclic amines) is 1. The van der Waals surface area contributed by atoms with Crippen LogP contribution < -0.4 is 10.6 Å². The summed E-state index contributed by atoms with van der Waals surface area (Å²) >= 11 is 1.60. The average Bonchev–Trinajstić information content (AvgIpc) is 3.12. The normalized spacial score (nSPS) is 20.9. The van der Waals surface area contributed by atoms with Gasteiger partial charge in [0.1, 0.15) is 5.60 Å². The Morgan fingerprint density at radius 2 is 2.27 bits per heavy atom. The van der Waals surface area contributed by atoms with Gasteiger partial charge in [-0.1, -0.05) is 6.92 Å². The van der Waals surface area contributed by atoms with Crippen LogP contribution in [0.1, 0.15) is 45.6 Å². The summed E-state index contributed by atoms with van der Waals surface area (Å²) in [4.78, 5) is 7.14. The van der Waals surface area contributed by atoms with Gasteiger partial charge in [0.15, 0.2) is 5.96 Å². The average molecular weight is 494 g/mol. The van der Waals surface area contributed by atoms with Crippen molar-refractivity contribution in [1.82, 2.24) is 15.5 Å². The second-order valence-corrected chi connectivity index (χ2v) is 8.09. The first-order valence-corrected chi connectivity index (χ1v) is 10.4. The van der Waals surface area contributed by atoms with E-state index < -0.39 is 5.60 Å². The Bertz CT molecular complexity index is 522. The highest BCUT2D eigenvalue weighted by Gasteiger charge is 2.23. The summed E-state index contributed by atoms with van der Waals surface area (Å²) in [6, 6.07) is 1.96. The van der Waals surface area contributed by atoms with Crippen molar-refractivity contribution in [1.29, 1.82) is 0 Å². The molecule has 1 fully saturated rings. The van der Waals surface area contributed by atoms with Crippen molar-refractivity contribution in [2.75, 3.05) is 39.3 Å². The first kappa shape index (κ1) is 23.7. The molecule has 2 atom stereocenters. The van der Waals surface area contributed by atoms with Crippen LogP contribution in [0.4, 0.5) is 0 Å². The smallest absolute Gasteiger partial charge is 0.191 e. The molecule has 3 N–H and O–H groups in total. The van der Waals surface area contributed by atoms with E-state index in [1.165, 1.54) is 25.9 Å². The Hall–Kier alpha value is -0.380. The number of nitrogens with zero attached hydrogens (tertiary/aromatic N) is 2. The van der Waals surface area contributed by atoms with E-state index in [1.54, 1.807) is 11.3 Å². The summed E-state index contributed by atoms with van der Waals surface area (Å²) in [6.45, 7) is 11.9. The van der Waals surface area contributed by atoms with Crippen LogP contribution in [0.3, 0.4) is 0 Å². The van der Waals surface area contributed by atoms with Crippen LogP contribution in [-0.4, -0.2) is 55.2 Å². The lowest BCUT2D eigenvalue weighted by atomic mass is 10.00. The Balaban J connectivity index is 0.00000338. The highest BCUT2D eigenvalue weighted by molar-refractivity contribution is 14.0. The highest BCUT2D eigenvalue weighted by Crippen LogP contribution is 2.23. The van der Waals surface area contributed by atoms with Crippen molar-refractivity contribution < 1.29 is 5.11 Å². The van der Waals surface area contributed by atoms with Crippen LogP contribution >= 0.6 is 35.3 Å². The van der Waals surface area contributed by atoms with E-state index in [9.17, 15) is 5.11 Å². The molecule has 0 bridgehead atoms. The maximum atomic E-state index is 10.6. The van der Waals surface area contributed by atoms with Crippen LogP contribution in [0, 0.1) is 5.92 Å². The number of aliphatic hydroxyl groups is 1. The molecule has 0 aromatic carbocycles. The van der Waals surface area contributed by atoms with Gasteiger partial charge in [0.2, 0.25) is 0 Å². The molecular weight excluding hydrogens is 459 g/mol. The summed E-state index contributed by atoms with van der Waals surface area (Å²) < 4.78 is 0. The molecule has 2 unspecified atom stereocenters. The molecule has 5 nitrogen and oxygen atoms in total. The number of hydrogen-bond donors (Lipinski definition) is 3. The van der Waals surface area contributed by atoms with E-state index in [0.29, 0.717) is 6.54 Å². The van der Waals surface area contributed by atoms with Crippen LogP contribution in [-0.2, 0) is 5.60 Å². The molecule has 2 heterocycles. The Labute approximate surface area is 179 Å². The molecule has 1 aromatic rings. The first-order valence-electron chi connectivity index (χ1n) is 9.51. The molecule has 0 amide bonds. The van der Waals surface area contributed by atoms with Crippen LogP contribution in [0.15, 0.2) is 21.8 Å². The highest BCUT2D eigenvalue weighted by atomic mass is 127. The molecule has 26 heavy (non-hydrogen) atoms. The van der Waals surface area contributed by atoms with Crippen molar-refractivity contribution in [2.45, 2.75) is 45.6 Å². The van der Waals surface area contributed by atoms with E-state index in [1.807, 2.05) is 23.8 Å². The van der Waals surface area contributed by atoms with Gasteiger partial charge in [-0.25, -0.2) is 4.99 Å². The molecule has 0 radical (unpaired) electrons. The monoisotopic (exact) mass is 494 g/mol. The largest absolute Gasteiger partial charge is 0.383 e. The number of halogens is 1. The Kier molecular flexibility index (Phi) is 11.1. The van der Waals surface area contributed by atoms with Gasteiger partial charge >= 0.3 is 0 Å². The van der Waals surface area contributed by atoms with Gasteiger partial charge in [0.25, 0.3) is 0 Å². The summed E-state index contributed by atoms with van der Waals surface area (Å²) in [5.74, 6) is 1.62. The maximum Gasteiger partial charge on any atom is 0.191 e. The van der Waals surface area contributed by atoms with Crippen molar-refractivity contribution in [3.63, 3.8) is 0 Å². The van der Waals surface area contributed by atoms with E-state index in [4.69, 9.17) is 0 Å². The summed E-state index contributed by atoms with van der Waals surface area (Å²) in [7, 11) is 0. The van der Waals surface area contributed by atoms with Gasteiger partial charge in [-0.2, -0.15) is 11.3 Å². The zero-order valence-corrected chi connectivity index (χ0v) is 19.5. The zero-order chi connectivity index (χ0) is 18.1. The molecule has 0 spiro atoms. The summed E-state index contributed by atoms with van der Waals surface area (Å²) in [6.07, 6.45) is 3.81. The number of rotatable bonds is 8.